The van der Waals surface area contributed by atoms with Gasteiger partial charge in [-0.2, -0.15) is 5.10 Å². The van der Waals surface area contributed by atoms with Gasteiger partial charge >= 0.3 is 0 Å². The molecule has 1 aromatic heterocycles. The van der Waals surface area contributed by atoms with E-state index in [2.05, 4.69) is 15.7 Å². The summed E-state index contributed by atoms with van der Waals surface area (Å²) in [5.74, 6) is 1.77. The Morgan fingerprint density at radius 1 is 1.38 bits per heavy atom. The summed E-state index contributed by atoms with van der Waals surface area (Å²) in [6, 6.07) is 0. The summed E-state index contributed by atoms with van der Waals surface area (Å²) in [6.45, 7) is 1.78. The average molecular weight is 290 g/mol. The number of carbonyl (C=O) groups is 1. The van der Waals surface area contributed by atoms with E-state index >= 15 is 0 Å². The zero-order chi connectivity index (χ0) is 14.7. The van der Waals surface area contributed by atoms with Crippen LogP contribution in [0.3, 0.4) is 0 Å². The van der Waals surface area contributed by atoms with Crippen LogP contribution in [-0.2, 0) is 24.8 Å². The lowest BCUT2D eigenvalue weighted by atomic mass is 9.86. The molecule has 1 amide bonds. The lowest BCUT2D eigenvalue weighted by molar-refractivity contribution is -0.116. The molecule has 0 aromatic carbocycles. The summed E-state index contributed by atoms with van der Waals surface area (Å²) in [6.07, 6.45) is 9.27. The number of carbonyl (C=O) groups excluding carboxylic acids is 1. The highest BCUT2D eigenvalue weighted by atomic mass is 16.1. The fourth-order valence-electron chi connectivity index (χ4n) is 3.59. The number of nitrogens with zero attached hydrogens (tertiary/aromatic N) is 2. The first-order chi connectivity index (χ1) is 10.2. The Kier molecular flexibility index (Phi) is 4.58. The molecule has 5 heteroatoms. The molecule has 3 rings (SSSR count). The number of aryl methyl sites for hydroxylation is 1. The maximum atomic E-state index is 12.2. The Labute approximate surface area is 126 Å². The van der Waals surface area contributed by atoms with E-state index in [-0.39, 0.29) is 5.91 Å². The zero-order valence-corrected chi connectivity index (χ0v) is 13.0. The number of rotatable bonds is 4. The van der Waals surface area contributed by atoms with Crippen LogP contribution in [-0.4, -0.2) is 22.2 Å². The molecule has 2 heterocycles. The molecule has 1 aliphatic carbocycles. The number of anilines is 1. The Morgan fingerprint density at radius 3 is 3.00 bits per heavy atom. The molecule has 0 radical (unpaired) electrons. The van der Waals surface area contributed by atoms with Crippen molar-refractivity contribution in [1.29, 1.82) is 0 Å². The second-order valence-corrected chi connectivity index (χ2v) is 6.42. The van der Waals surface area contributed by atoms with Crippen molar-refractivity contribution in [1.82, 2.24) is 15.1 Å². The molecule has 1 saturated carbocycles. The molecule has 0 atom stereocenters. The fourth-order valence-corrected chi connectivity index (χ4v) is 3.59. The Balaban J connectivity index is 1.56. The number of nitrogens with one attached hydrogen (secondary N) is 2. The van der Waals surface area contributed by atoms with Crippen LogP contribution in [0.15, 0.2) is 0 Å². The first-order valence-corrected chi connectivity index (χ1v) is 8.29. The van der Waals surface area contributed by atoms with Crippen LogP contribution >= 0.6 is 0 Å². The van der Waals surface area contributed by atoms with Crippen molar-refractivity contribution in [3.8, 4) is 0 Å². The van der Waals surface area contributed by atoms with E-state index < -0.39 is 0 Å². The molecule has 0 saturated heterocycles. The van der Waals surface area contributed by atoms with Crippen LogP contribution in [0.25, 0.3) is 0 Å². The van der Waals surface area contributed by atoms with Gasteiger partial charge in [0.15, 0.2) is 0 Å². The van der Waals surface area contributed by atoms with E-state index in [1.165, 1.54) is 32.1 Å². The molecular formula is C16H26N4O. The number of amides is 1. The average Bonchev–Trinajstić information content (AvgIpc) is 2.82. The molecule has 1 aromatic rings. The van der Waals surface area contributed by atoms with Crippen molar-refractivity contribution >= 4 is 11.7 Å². The lowest BCUT2D eigenvalue weighted by Crippen LogP contribution is -2.24. The van der Waals surface area contributed by atoms with Crippen LogP contribution < -0.4 is 10.6 Å². The van der Waals surface area contributed by atoms with Crippen molar-refractivity contribution in [2.45, 2.75) is 57.9 Å². The third-order valence-electron chi connectivity index (χ3n) is 4.83. The quantitative estimate of drug-likeness (QED) is 0.895. The van der Waals surface area contributed by atoms with Crippen molar-refractivity contribution in [2.75, 3.05) is 11.9 Å². The SMILES string of the molecule is Cn1nc2c(c1NC(=O)CCC1CCCCC1)CNCC2. The number of hydrogen-bond acceptors (Lipinski definition) is 3. The van der Waals surface area contributed by atoms with E-state index in [1.54, 1.807) is 0 Å². The van der Waals surface area contributed by atoms with Crippen molar-refractivity contribution in [3.63, 3.8) is 0 Å². The highest BCUT2D eigenvalue weighted by Gasteiger charge is 2.21. The zero-order valence-electron chi connectivity index (χ0n) is 13.0. The third-order valence-corrected chi connectivity index (χ3v) is 4.83. The maximum Gasteiger partial charge on any atom is 0.225 e. The van der Waals surface area contributed by atoms with Crippen molar-refractivity contribution in [3.05, 3.63) is 11.3 Å². The van der Waals surface area contributed by atoms with Crippen LogP contribution in [0.4, 0.5) is 5.82 Å². The van der Waals surface area contributed by atoms with Gasteiger partial charge in [0.25, 0.3) is 0 Å². The van der Waals surface area contributed by atoms with E-state index in [0.717, 1.165) is 48.9 Å². The van der Waals surface area contributed by atoms with Crippen LogP contribution in [0, 0.1) is 5.92 Å². The summed E-state index contributed by atoms with van der Waals surface area (Å²) in [5.41, 5.74) is 2.29. The van der Waals surface area contributed by atoms with Crippen LogP contribution in [0.1, 0.15) is 56.2 Å². The summed E-state index contributed by atoms with van der Waals surface area (Å²) in [5, 5.41) is 10.9. The predicted octanol–water partition coefficient (Wildman–Crippen LogP) is 2.36. The number of hydrogen-bond donors (Lipinski definition) is 2. The first-order valence-electron chi connectivity index (χ1n) is 8.29. The molecule has 21 heavy (non-hydrogen) atoms. The number of fused-ring (bicyclic) bond motifs is 1. The first kappa shape index (κ1) is 14.6. The van der Waals surface area contributed by atoms with E-state index in [0.29, 0.717) is 6.42 Å². The van der Waals surface area contributed by atoms with E-state index in [4.69, 9.17) is 0 Å². The summed E-state index contributed by atoms with van der Waals surface area (Å²) >= 11 is 0. The summed E-state index contributed by atoms with van der Waals surface area (Å²) in [4.78, 5) is 12.2. The van der Waals surface area contributed by atoms with Gasteiger partial charge in [0.2, 0.25) is 5.91 Å². The largest absolute Gasteiger partial charge is 0.312 e. The minimum absolute atomic E-state index is 0.136. The molecule has 2 N–H and O–H groups in total. The summed E-state index contributed by atoms with van der Waals surface area (Å²) in [7, 11) is 1.91. The molecule has 5 nitrogen and oxygen atoms in total. The third kappa shape index (κ3) is 3.46. The van der Waals surface area contributed by atoms with Gasteiger partial charge in [0.1, 0.15) is 5.82 Å². The minimum atomic E-state index is 0.136. The minimum Gasteiger partial charge on any atom is -0.312 e. The van der Waals surface area contributed by atoms with Gasteiger partial charge in [0, 0.05) is 38.5 Å². The number of aromatic nitrogens is 2. The van der Waals surface area contributed by atoms with Crippen molar-refractivity contribution in [2.24, 2.45) is 13.0 Å². The molecule has 0 spiro atoms. The maximum absolute atomic E-state index is 12.2. The normalized spacial score (nSPS) is 19.3. The van der Waals surface area contributed by atoms with E-state index in [1.807, 2.05) is 11.7 Å². The van der Waals surface area contributed by atoms with Crippen LogP contribution in [0.5, 0.6) is 0 Å². The van der Waals surface area contributed by atoms with Gasteiger partial charge in [-0.15, -0.1) is 0 Å². The molecule has 0 unspecified atom stereocenters. The molecule has 1 aliphatic heterocycles. The monoisotopic (exact) mass is 290 g/mol. The topological polar surface area (TPSA) is 59.0 Å². The highest BCUT2D eigenvalue weighted by Crippen LogP contribution is 2.28. The second-order valence-electron chi connectivity index (χ2n) is 6.42. The van der Waals surface area contributed by atoms with Gasteiger partial charge in [-0.05, 0) is 12.3 Å². The Bertz CT molecular complexity index is 503. The highest BCUT2D eigenvalue weighted by molar-refractivity contribution is 5.90. The van der Waals surface area contributed by atoms with Gasteiger partial charge in [-0.3, -0.25) is 9.48 Å². The van der Waals surface area contributed by atoms with Gasteiger partial charge in [-0.25, -0.2) is 0 Å². The molecule has 1 fully saturated rings. The van der Waals surface area contributed by atoms with Gasteiger partial charge < -0.3 is 10.6 Å². The molecule has 116 valence electrons. The second kappa shape index (κ2) is 6.60. The predicted molar refractivity (Wildman–Crippen MR) is 83.1 cm³/mol. The van der Waals surface area contributed by atoms with Crippen LogP contribution in [0.2, 0.25) is 0 Å². The molecule has 2 aliphatic rings. The van der Waals surface area contributed by atoms with Crippen molar-refractivity contribution < 1.29 is 4.79 Å². The smallest absolute Gasteiger partial charge is 0.225 e. The van der Waals surface area contributed by atoms with E-state index in [9.17, 15) is 4.79 Å². The lowest BCUT2D eigenvalue weighted by Gasteiger charge is -2.21. The Morgan fingerprint density at radius 2 is 2.19 bits per heavy atom. The Hall–Kier alpha value is -1.36. The standard InChI is InChI=1S/C16H26N4O/c1-20-16(13-11-17-10-9-14(13)19-20)18-15(21)8-7-12-5-3-2-4-6-12/h12,17H,2-11H2,1H3,(H,18,21). The summed E-state index contributed by atoms with van der Waals surface area (Å²) < 4.78 is 1.82. The molecule has 0 bridgehead atoms. The fraction of sp³-hybridized carbons (Fsp3) is 0.750. The van der Waals surface area contributed by atoms with Gasteiger partial charge in [0.05, 0.1) is 5.69 Å². The molecular weight excluding hydrogens is 264 g/mol. The van der Waals surface area contributed by atoms with Gasteiger partial charge in [-0.1, -0.05) is 32.1 Å².